The van der Waals surface area contributed by atoms with E-state index < -0.39 is 0 Å². The Balaban J connectivity index is 2.85. The van der Waals surface area contributed by atoms with Crippen molar-refractivity contribution in [2.45, 2.75) is 34.6 Å². The van der Waals surface area contributed by atoms with Gasteiger partial charge in [-0.3, -0.25) is 4.68 Å². The van der Waals surface area contributed by atoms with Crippen LogP contribution in [0, 0.1) is 45.9 Å². The quantitative estimate of drug-likeness (QED) is 0.494. The van der Waals surface area contributed by atoms with Crippen LogP contribution < -0.4 is 0 Å². The smallest absolute Gasteiger partial charge is 0.374 e. The van der Waals surface area contributed by atoms with Crippen molar-refractivity contribution >= 4 is 19.4 Å². The van der Waals surface area contributed by atoms with E-state index in [1.54, 1.807) is 4.68 Å². The molecule has 0 spiro atoms. The van der Waals surface area contributed by atoms with E-state index in [0.717, 1.165) is 17.0 Å². The lowest BCUT2D eigenvalue weighted by atomic mass is 9.98. The Morgan fingerprint density at radius 1 is 1.04 bits per heavy atom. The van der Waals surface area contributed by atoms with Gasteiger partial charge in [0.15, 0.2) is 0 Å². The molecule has 0 N–H and O–H groups in total. The molecule has 2 aromatic heterocycles. The molecule has 2 radical (unpaired) electrons. The van der Waals surface area contributed by atoms with Gasteiger partial charge in [0.2, 0.25) is 0 Å². The minimum atomic E-state index is 0.265. The van der Waals surface area contributed by atoms with E-state index in [0.29, 0.717) is 28.3 Å². The number of aromatic nitrogens is 4. The van der Waals surface area contributed by atoms with Crippen molar-refractivity contribution in [3.8, 4) is 6.07 Å². The molecule has 6 nitrogen and oxygen atoms in total. The summed E-state index contributed by atoms with van der Waals surface area (Å²) >= 11 is 0. The summed E-state index contributed by atoms with van der Waals surface area (Å²) in [4.78, 5) is 8.71. The maximum atomic E-state index is 9.72. The van der Waals surface area contributed by atoms with Crippen LogP contribution in [0.25, 0.3) is 11.3 Å². The molecular formula is C16H18BN5O. The Kier molecular flexibility index (Phi) is 4.55. The first-order valence-corrected chi connectivity index (χ1v) is 7.15. The molecule has 2 aromatic rings. The van der Waals surface area contributed by atoms with Crippen LogP contribution in [0.5, 0.6) is 0 Å². The first-order valence-electron chi connectivity index (χ1n) is 7.15. The van der Waals surface area contributed by atoms with E-state index >= 15 is 0 Å². The van der Waals surface area contributed by atoms with E-state index in [1.807, 2.05) is 41.7 Å². The average molecular weight is 307 g/mol. The van der Waals surface area contributed by atoms with Crippen molar-refractivity contribution in [3.05, 3.63) is 39.7 Å². The lowest BCUT2D eigenvalue weighted by Gasteiger charge is -2.15. The van der Waals surface area contributed by atoms with Gasteiger partial charge in [0, 0.05) is 18.3 Å². The Hall–Kier alpha value is -2.62. The van der Waals surface area contributed by atoms with Gasteiger partial charge in [0.25, 0.3) is 0 Å². The molecule has 0 bridgehead atoms. The van der Waals surface area contributed by atoms with Crippen molar-refractivity contribution in [1.29, 1.82) is 5.26 Å². The van der Waals surface area contributed by atoms with Gasteiger partial charge in [-0.25, -0.2) is 9.97 Å². The molecule has 0 aliphatic heterocycles. The minimum Gasteiger partial charge on any atom is -0.566 e. The molecule has 23 heavy (non-hydrogen) atoms. The second kappa shape index (κ2) is 6.25. The molecule has 0 aliphatic carbocycles. The summed E-state index contributed by atoms with van der Waals surface area (Å²) in [6.45, 7) is 9.24. The van der Waals surface area contributed by atoms with Gasteiger partial charge in [0.05, 0.1) is 22.6 Å². The number of nitrogens with zero attached hydrogens (tertiary/aromatic N) is 5. The molecule has 0 atom stereocenters. The van der Waals surface area contributed by atoms with Gasteiger partial charge in [-0.2, -0.15) is 10.4 Å². The molecule has 2 heterocycles. The topological polar surface area (TPSA) is 76.6 Å². The number of hydrogen-bond acceptors (Lipinski definition) is 5. The summed E-state index contributed by atoms with van der Waals surface area (Å²) in [5.41, 5.74) is 4.70. The molecule has 7 heteroatoms. The van der Waals surface area contributed by atoms with E-state index in [1.165, 1.54) is 0 Å². The van der Waals surface area contributed by atoms with Crippen LogP contribution in [0.2, 0.25) is 0 Å². The highest BCUT2D eigenvalue weighted by molar-refractivity contribution is 6.07. The van der Waals surface area contributed by atoms with Crippen LogP contribution in [0.1, 0.15) is 39.7 Å². The highest BCUT2D eigenvalue weighted by atomic mass is 16.4. The fourth-order valence-corrected chi connectivity index (χ4v) is 2.81. The van der Waals surface area contributed by atoms with Crippen LogP contribution >= 0.6 is 0 Å². The maximum absolute atomic E-state index is 9.72. The van der Waals surface area contributed by atoms with Crippen molar-refractivity contribution in [2.75, 3.05) is 0 Å². The Morgan fingerprint density at radius 2 is 1.61 bits per heavy atom. The van der Waals surface area contributed by atoms with Gasteiger partial charge in [-0.15, -0.1) is 0 Å². The van der Waals surface area contributed by atoms with Gasteiger partial charge < -0.3 is 4.65 Å². The van der Waals surface area contributed by atoms with Crippen LogP contribution in [0.3, 0.4) is 0 Å². The summed E-state index contributed by atoms with van der Waals surface area (Å²) in [6.07, 6.45) is 0. The third kappa shape index (κ3) is 2.84. The summed E-state index contributed by atoms with van der Waals surface area (Å²) in [5, 5.41) is 14.1. The first-order chi connectivity index (χ1) is 10.8. The van der Waals surface area contributed by atoms with Crippen LogP contribution in [-0.4, -0.2) is 27.8 Å². The SMILES string of the molecule is [B]OC(=C(C#N)c1c(C)nn(C)c1C)c1c(C)nc(C)nc1C. The third-order valence-electron chi connectivity index (χ3n) is 3.83. The number of nitriles is 1. The Labute approximate surface area is 137 Å². The molecule has 0 aliphatic rings. The van der Waals surface area contributed by atoms with E-state index in [2.05, 4.69) is 21.1 Å². The summed E-state index contributed by atoms with van der Waals surface area (Å²) < 4.78 is 6.83. The van der Waals surface area contributed by atoms with Crippen molar-refractivity contribution in [3.63, 3.8) is 0 Å². The third-order valence-corrected chi connectivity index (χ3v) is 3.83. The predicted molar refractivity (Wildman–Crippen MR) is 88.2 cm³/mol. The van der Waals surface area contributed by atoms with Crippen LogP contribution in [0.15, 0.2) is 0 Å². The number of hydrogen-bond donors (Lipinski definition) is 0. The van der Waals surface area contributed by atoms with Crippen LogP contribution in [0.4, 0.5) is 0 Å². The summed E-state index contributed by atoms with van der Waals surface area (Å²) in [6, 6.07) is 2.20. The predicted octanol–water partition coefficient (Wildman–Crippen LogP) is 2.24. The summed E-state index contributed by atoms with van der Waals surface area (Å²) in [7, 11) is 7.34. The normalized spacial score (nSPS) is 11.9. The maximum Gasteiger partial charge on any atom is 0.374 e. The molecule has 0 amide bonds. The highest BCUT2D eigenvalue weighted by Crippen LogP contribution is 2.32. The molecule has 0 saturated carbocycles. The van der Waals surface area contributed by atoms with Crippen molar-refractivity contribution in [1.82, 2.24) is 19.7 Å². The zero-order valence-electron chi connectivity index (χ0n) is 14.2. The monoisotopic (exact) mass is 307 g/mol. The standard InChI is InChI=1S/C16H18BN5O/c1-8-14(9(2)20-12(5)19-8)16(23-17)13(7-18)15-10(3)21-22(6)11(15)4/h1-6H3. The summed E-state index contributed by atoms with van der Waals surface area (Å²) in [5.74, 6) is 0.925. The molecular weight excluding hydrogens is 289 g/mol. The lowest BCUT2D eigenvalue weighted by molar-refractivity contribution is 0.571. The van der Waals surface area contributed by atoms with Crippen molar-refractivity contribution in [2.24, 2.45) is 7.05 Å². The number of allylic oxidation sites excluding steroid dienone is 1. The van der Waals surface area contributed by atoms with Gasteiger partial charge in [-0.05, 0) is 34.6 Å². The molecule has 0 saturated heterocycles. The zero-order chi connectivity index (χ0) is 17.3. The van der Waals surface area contributed by atoms with Crippen molar-refractivity contribution < 1.29 is 4.65 Å². The Bertz CT molecular complexity index is 822. The van der Waals surface area contributed by atoms with E-state index in [-0.39, 0.29) is 5.76 Å². The van der Waals surface area contributed by atoms with Gasteiger partial charge in [-0.1, -0.05) is 0 Å². The van der Waals surface area contributed by atoms with E-state index in [9.17, 15) is 5.26 Å². The molecule has 0 fully saturated rings. The highest BCUT2D eigenvalue weighted by Gasteiger charge is 2.22. The largest absolute Gasteiger partial charge is 0.566 e. The molecule has 0 unspecified atom stereocenters. The lowest BCUT2D eigenvalue weighted by Crippen LogP contribution is -2.06. The second-order valence-corrected chi connectivity index (χ2v) is 5.42. The Morgan fingerprint density at radius 3 is 2.00 bits per heavy atom. The van der Waals surface area contributed by atoms with Crippen LogP contribution in [-0.2, 0) is 11.7 Å². The fraction of sp³-hybridized carbons (Fsp3) is 0.375. The average Bonchev–Trinajstić information content (AvgIpc) is 2.71. The zero-order valence-corrected chi connectivity index (χ0v) is 14.2. The number of aryl methyl sites for hydroxylation is 5. The molecule has 116 valence electrons. The first kappa shape index (κ1) is 16.8. The number of rotatable bonds is 3. The molecule has 2 rings (SSSR count). The van der Waals surface area contributed by atoms with Gasteiger partial charge in [0.1, 0.15) is 23.2 Å². The minimum absolute atomic E-state index is 0.265. The fourth-order valence-electron chi connectivity index (χ4n) is 2.81. The van der Waals surface area contributed by atoms with E-state index in [4.69, 9.17) is 12.7 Å². The second-order valence-electron chi connectivity index (χ2n) is 5.42. The van der Waals surface area contributed by atoms with Gasteiger partial charge >= 0.3 is 8.05 Å². The molecule has 0 aromatic carbocycles.